The van der Waals surface area contributed by atoms with Crippen LogP contribution in [0.1, 0.15) is 18.4 Å². The van der Waals surface area contributed by atoms with Crippen molar-refractivity contribution in [2.75, 3.05) is 12.4 Å². The molecule has 0 saturated heterocycles. The number of aryl methyl sites for hydroxylation is 1. The Balaban J connectivity index is 2.22. The Morgan fingerprint density at radius 1 is 1.56 bits per heavy atom. The number of esters is 1. The van der Waals surface area contributed by atoms with E-state index in [2.05, 4.69) is 10.3 Å². The number of rotatable bonds is 4. The smallest absolute Gasteiger partial charge is 0.328 e. The lowest BCUT2D eigenvalue weighted by Crippen LogP contribution is -2.29. The third kappa shape index (κ3) is 2.61. The normalized spacial score (nSPS) is 12.4. The zero-order chi connectivity index (χ0) is 13.1. The van der Waals surface area contributed by atoms with Crippen LogP contribution in [0.3, 0.4) is 0 Å². The van der Waals surface area contributed by atoms with Gasteiger partial charge in [0.25, 0.3) is 0 Å². The van der Waals surface area contributed by atoms with Gasteiger partial charge in [-0.2, -0.15) is 0 Å². The Labute approximate surface area is 110 Å². The molecule has 0 aliphatic carbocycles. The van der Waals surface area contributed by atoms with Gasteiger partial charge in [0.2, 0.25) is 0 Å². The molecule has 0 saturated carbocycles. The maximum Gasteiger partial charge on any atom is 0.328 e. The van der Waals surface area contributed by atoms with Crippen molar-refractivity contribution in [3.8, 4) is 0 Å². The zero-order valence-electron chi connectivity index (χ0n) is 10.7. The molecular weight excluding hydrogens is 248 g/mol. The number of hydrogen-bond donors (Lipinski definition) is 1. The first-order chi connectivity index (χ1) is 8.63. The second kappa shape index (κ2) is 5.35. The lowest BCUT2D eigenvalue weighted by Gasteiger charge is -2.15. The largest absolute Gasteiger partial charge is 0.467 e. The lowest BCUT2D eigenvalue weighted by molar-refractivity contribution is -0.141. The summed E-state index contributed by atoms with van der Waals surface area (Å²) >= 11 is 1.65. The molecule has 0 amide bonds. The zero-order valence-corrected chi connectivity index (χ0v) is 11.5. The molecule has 0 fully saturated rings. The van der Waals surface area contributed by atoms with E-state index in [1.807, 2.05) is 32.0 Å². The number of hydrogen-bond acceptors (Lipinski definition) is 5. The van der Waals surface area contributed by atoms with E-state index in [9.17, 15) is 4.79 Å². The molecule has 1 aromatic carbocycles. The molecule has 2 rings (SSSR count). The number of nitrogens with one attached hydrogen (secondary N) is 1. The quantitative estimate of drug-likeness (QED) is 0.863. The van der Waals surface area contributed by atoms with Gasteiger partial charge in [-0.15, -0.1) is 11.3 Å². The van der Waals surface area contributed by atoms with Crippen LogP contribution in [0.15, 0.2) is 18.2 Å². The molecule has 4 nitrogen and oxygen atoms in total. The van der Waals surface area contributed by atoms with Crippen LogP contribution in [0.5, 0.6) is 0 Å². The van der Waals surface area contributed by atoms with E-state index in [1.165, 1.54) is 7.11 Å². The van der Waals surface area contributed by atoms with E-state index < -0.39 is 0 Å². The van der Waals surface area contributed by atoms with Crippen LogP contribution < -0.4 is 5.32 Å². The topological polar surface area (TPSA) is 51.2 Å². The van der Waals surface area contributed by atoms with Gasteiger partial charge >= 0.3 is 5.97 Å². The van der Waals surface area contributed by atoms with Gasteiger partial charge in [0, 0.05) is 5.69 Å². The highest BCUT2D eigenvalue weighted by Gasteiger charge is 2.16. The predicted molar refractivity (Wildman–Crippen MR) is 74.1 cm³/mol. The van der Waals surface area contributed by atoms with Crippen molar-refractivity contribution in [1.82, 2.24) is 4.98 Å². The molecule has 0 aliphatic rings. The van der Waals surface area contributed by atoms with Gasteiger partial charge in [0.05, 0.1) is 22.3 Å². The van der Waals surface area contributed by atoms with Gasteiger partial charge in [-0.1, -0.05) is 6.92 Å². The molecule has 0 radical (unpaired) electrons. The van der Waals surface area contributed by atoms with Crippen LogP contribution in [0, 0.1) is 6.92 Å². The van der Waals surface area contributed by atoms with Crippen molar-refractivity contribution in [1.29, 1.82) is 0 Å². The number of nitrogens with zero attached hydrogens (tertiary/aromatic N) is 1. The van der Waals surface area contributed by atoms with E-state index in [-0.39, 0.29) is 12.0 Å². The van der Waals surface area contributed by atoms with E-state index in [1.54, 1.807) is 11.3 Å². The average Bonchev–Trinajstić information content (AvgIpc) is 2.74. The highest BCUT2D eigenvalue weighted by molar-refractivity contribution is 7.18. The minimum absolute atomic E-state index is 0.238. The Kier molecular flexibility index (Phi) is 3.81. The molecule has 2 aromatic rings. The molecule has 1 atom stereocenters. The first kappa shape index (κ1) is 12.8. The number of carbonyl (C=O) groups excluding carboxylic acids is 1. The minimum atomic E-state index is -0.304. The number of benzene rings is 1. The first-order valence-corrected chi connectivity index (χ1v) is 6.67. The summed E-state index contributed by atoms with van der Waals surface area (Å²) in [6.45, 7) is 3.94. The summed E-state index contributed by atoms with van der Waals surface area (Å²) in [5.41, 5.74) is 1.91. The molecule has 0 bridgehead atoms. The van der Waals surface area contributed by atoms with Crippen molar-refractivity contribution < 1.29 is 9.53 Å². The fourth-order valence-corrected chi connectivity index (χ4v) is 2.67. The van der Waals surface area contributed by atoms with Crippen molar-refractivity contribution in [3.05, 3.63) is 23.2 Å². The van der Waals surface area contributed by atoms with Crippen molar-refractivity contribution >= 4 is 33.2 Å². The molecule has 96 valence electrons. The minimum Gasteiger partial charge on any atom is -0.467 e. The van der Waals surface area contributed by atoms with Gasteiger partial charge in [0.15, 0.2) is 0 Å². The summed E-state index contributed by atoms with van der Waals surface area (Å²) in [7, 11) is 1.41. The summed E-state index contributed by atoms with van der Waals surface area (Å²) in [4.78, 5) is 15.9. The number of thiazole rings is 1. The molecule has 1 aromatic heterocycles. The summed E-state index contributed by atoms with van der Waals surface area (Å²) < 4.78 is 5.88. The summed E-state index contributed by atoms with van der Waals surface area (Å²) in [6.07, 6.45) is 0.687. The van der Waals surface area contributed by atoms with Crippen LogP contribution in [0.25, 0.3) is 10.2 Å². The predicted octanol–water partition coefficient (Wildman–Crippen LogP) is 2.97. The maximum absolute atomic E-state index is 11.5. The number of anilines is 1. The van der Waals surface area contributed by atoms with Gasteiger partial charge in [0.1, 0.15) is 6.04 Å². The van der Waals surface area contributed by atoms with Crippen LogP contribution >= 0.6 is 11.3 Å². The summed E-state index contributed by atoms with van der Waals surface area (Å²) in [5, 5.41) is 4.23. The van der Waals surface area contributed by atoms with E-state index in [4.69, 9.17) is 4.74 Å². The Bertz CT molecular complexity index is 565. The number of carbonyl (C=O) groups is 1. The van der Waals surface area contributed by atoms with E-state index in [0.717, 1.165) is 20.9 Å². The van der Waals surface area contributed by atoms with Crippen molar-refractivity contribution in [2.45, 2.75) is 26.3 Å². The Hall–Kier alpha value is -1.62. The van der Waals surface area contributed by atoms with Gasteiger partial charge in [-0.25, -0.2) is 9.78 Å². The van der Waals surface area contributed by atoms with E-state index in [0.29, 0.717) is 6.42 Å². The van der Waals surface area contributed by atoms with Crippen molar-refractivity contribution in [3.63, 3.8) is 0 Å². The second-order valence-corrected chi connectivity index (χ2v) is 5.28. The number of ether oxygens (including phenoxy) is 1. The number of aromatic nitrogens is 1. The average molecular weight is 264 g/mol. The molecule has 1 unspecified atom stereocenters. The van der Waals surface area contributed by atoms with Gasteiger partial charge < -0.3 is 10.1 Å². The highest BCUT2D eigenvalue weighted by Crippen LogP contribution is 2.25. The van der Waals surface area contributed by atoms with Crippen LogP contribution in [-0.2, 0) is 9.53 Å². The highest BCUT2D eigenvalue weighted by atomic mass is 32.1. The Morgan fingerprint density at radius 2 is 2.33 bits per heavy atom. The third-order valence-corrected chi connectivity index (χ3v) is 3.66. The van der Waals surface area contributed by atoms with Crippen LogP contribution in [-0.4, -0.2) is 24.1 Å². The Morgan fingerprint density at radius 3 is 3.00 bits per heavy atom. The number of fused-ring (bicyclic) bond motifs is 1. The fourth-order valence-electron chi connectivity index (χ4n) is 1.80. The van der Waals surface area contributed by atoms with E-state index >= 15 is 0 Å². The molecule has 1 N–H and O–H groups in total. The molecule has 1 heterocycles. The fraction of sp³-hybridized carbons (Fsp3) is 0.385. The lowest BCUT2D eigenvalue weighted by atomic mass is 10.2. The molecule has 18 heavy (non-hydrogen) atoms. The molecule has 0 spiro atoms. The van der Waals surface area contributed by atoms with Crippen molar-refractivity contribution in [2.24, 2.45) is 0 Å². The SMILES string of the molecule is CCC(Nc1ccc2nc(C)sc2c1)C(=O)OC. The number of methoxy groups -OCH3 is 1. The second-order valence-electron chi connectivity index (χ2n) is 4.04. The summed E-state index contributed by atoms with van der Waals surface area (Å²) in [6, 6.07) is 5.62. The van der Waals surface area contributed by atoms with Gasteiger partial charge in [-0.05, 0) is 31.5 Å². The molecular formula is C13H16N2O2S. The first-order valence-electron chi connectivity index (χ1n) is 5.85. The monoisotopic (exact) mass is 264 g/mol. The standard InChI is InChI=1S/C13H16N2O2S/c1-4-10(13(16)17-3)15-9-5-6-11-12(7-9)18-8(2)14-11/h5-7,10,15H,4H2,1-3H3. The molecule has 5 heteroatoms. The van der Waals surface area contributed by atoms with Crippen LogP contribution in [0.4, 0.5) is 5.69 Å². The van der Waals surface area contributed by atoms with Gasteiger partial charge in [-0.3, -0.25) is 0 Å². The molecule has 0 aliphatic heterocycles. The van der Waals surface area contributed by atoms with Crippen LogP contribution in [0.2, 0.25) is 0 Å². The third-order valence-electron chi connectivity index (χ3n) is 2.73. The maximum atomic E-state index is 11.5. The summed E-state index contributed by atoms with van der Waals surface area (Å²) in [5.74, 6) is -0.238.